The first-order valence-electron chi connectivity index (χ1n) is 11.9. The van der Waals surface area contributed by atoms with Crippen LogP contribution in [0.1, 0.15) is 38.7 Å². The Balaban J connectivity index is 1.72. The minimum atomic E-state index is -4.38. The van der Waals surface area contributed by atoms with Gasteiger partial charge in [0.15, 0.2) is 0 Å². The molecule has 2 N–H and O–H groups in total. The summed E-state index contributed by atoms with van der Waals surface area (Å²) in [5.74, 6) is -0.720. The molecule has 0 unspecified atom stereocenters. The predicted molar refractivity (Wildman–Crippen MR) is 136 cm³/mol. The maximum atomic E-state index is 13.8. The van der Waals surface area contributed by atoms with Crippen molar-refractivity contribution < 1.29 is 30.8 Å². The number of halogens is 4. The molecule has 1 amide bonds. The summed E-state index contributed by atoms with van der Waals surface area (Å²) in [6, 6.07) is 12.5. The van der Waals surface area contributed by atoms with Gasteiger partial charge in [0.25, 0.3) is 10.0 Å². The Hall–Kier alpha value is -3.41. The number of aliphatic imine (C=N–C) groups is 1. The van der Waals surface area contributed by atoms with Crippen LogP contribution in [0.25, 0.3) is 0 Å². The molecule has 1 atom stereocenters. The second-order valence-electron chi connectivity index (χ2n) is 9.47. The number of carbonyl (C=O) groups excluding carboxylic acids is 1. The maximum Gasteiger partial charge on any atom is 0.390 e. The Kier molecular flexibility index (Phi) is 8.86. The van der Waals surface area contributed by atoms with Gasteiger partial charge in [0.2, 0.25) is 5.91 Å². The Morgan fingerprint density at radius 3 is 2.47 bits per heavy atom. The molecule has 12 heteroatoms. The number of carbonyl (C=O) groups is 1. The fraction of sp³-hybridized carbons (Fsp3) is 0.385. The van der Waals surface area contributed by atoms with E-state index in [9.17, 15) is 30.8 Å². The molecule has 0 radical (unpaired) electrons. The lowest BCUT2D eigenvalue weighted by Gasteiger charge is -2.27. The van der Waals surface area contributed by atoms with Crippen molar-refractivity contribution in [3.05, 3.63) is 78.3 Å². The quantitative estimate of drug-likeness (QED) is 0.400. The highest BCUT2D eigenvalue weighted by Gasteiger charge is 2.41. The van der Waals surface area contributed by atoms with E-state index in [1.807, 2.05) is 0 Å². The van der Waals surface area contributed by atoms with E-state index in [2.05, 4.69) is 22.2 Å². The minimum absolute atomic E-state index is 0.0469. The zero-order chi connectivity index (χ0) is 28.1. The average molecular weight is 555 g/mol. The zero-order valence-electron chi connectivity index (χ0n) is 21.1. The number of hydrogen-bond acceptors (Lipinski definition) is 5. The number of hydrogen-bond donors (Lipinski definition) is 2. The number of amidine groups is 1. The van der Waals surface area contributed by atoms with Crippen LogP contribution < -0.4 is 10.6 Å². The second-order valence-corrected chi connectivity index (χ2v) is 11.3. The zero-order valence-corrected chi connectivity index (χ0v) is 21.9. The molecular weight excluding hydrogens is 524 g/mol. The van der Waals surface area contributed by atoms with Crippen molar-refractivity contribution in [1.82, 2.24) is 14.9 Å². The van der Waals surface area contributed by atoms with E-state index in [0.717, 1.165) is 4.31 Å². The average Bonchev–Trinajstić information content (AvgIpc) is 3.15. The third kappa shape index (κ3) is 7.56. The van der Waals surface area contributed by atoms with Crippen LogP contribution in [0.3, 0.4) is 0 Å². The van der Waals surface area contributed by atoms with Crippen LogP contribution in [-0.4, -0.2) is 48.8 Å². The molecule has 0 spiro atoms. The molecule has 0 aromatic heterocycles. The van der Waals surface area contributed by atoms with Crippen LogP contribution in [0.5, 0.6) is 0 Å². The van der Waals surface area contributed by atoms with Gasteiger partial charge in [0, 0.05) is 18.7 Å². The molecule has 0 fully saturated rings. The molecule has 3 rings (SSSR count). The number of nitrogens with zero attached hydrogens (tertiary/aromatic N) is 2. The highest BCUT2D eigenvalue weighted by atomic mass is 32.2. The first kappa shape index (κ1) is 29.2. The molecule has 1 aliphatic heterocycles. The third-order valence-corrected chi connectivity index (χ3v) is 7.80. The van der Waals surface area contributed by atoms with Gasteiger partial charge in [-0.3, -0.25) is 14.1 Å². The van der Waals surface area contributed by atoms with Gasteiger partial charge < -0.3 is 10.6 Å². The van der Waals surface area contributed by atoms with E-state index >= 15 is 0 Å². The van der Waals surface area contributed by atoms with Crippen LogP contribution in [0.2, 0.25) is 0 Å². The molecule has 206 valence electrons. The number of amides is 1. The largest absolute Gasteiger partial charge is 0.390 e. The van der Waals surface area contributed by atoms with E-state index in [0.29, 0.717) is 11.4 Å². The second kappa shape index (κ2) is 11.5. The molecule has 2 aromatic carbocycles. The van der Waals surface area contributed by atoms with Crippen LogP contribution in [0.15, 0.2) is 76.8 Å². The van der Waals surface area contributed by atoms with Gasteiger partial charge in [0.05, 0.1) is 29.2 Å². The van der Waals surface area contributed by atoms with E-state index in [1.165, 1.54) is 30.3 Å². The van der Waals surface area contributed by atoms with Crippen LogP contribution in [-0.2, 0) is 21.4 Å². The lowest BCUT2D eigenvalue weighted by molar-refractivity contribution is -0.136. The van der Waals surface area contributed by atoms with Crippen molar-refractivity contribution in [3.8, 4) is 0 Å². The van der Waals surface area contributed by atoms with Gasteiger partial charge in [-0.15, -0.1) is 0 Å². The molecule has 38 heavy (non-hydrogen) atoms. The van der Waals surface area contributed by atoms with Gasteiger partial charge in [-0.1, -0.05) is 36.9 Å². The van der Waals surface area contributed by atoms with Crippen LogP contribution >= 0.6 is 0 Å². The maximum absolute atomic E-state index is 13.8. The van der Waals surface area contributed by atoms with Crippen molar-refractivity contribution in [1.29, 1.82) is 0 Å². The summed E-state index contributed by atoms with van der Waals surface area (Å²) in [6.07, 6.45) is -5.20. The lowest BCUT2D eigenvalue weighted by atomic mass is 9.96. The number of rotatable bonds is 11. The summed E-state index contributed by atoms with van der Waals surface area (Å²) in [4.78, 5) is 17.0. The standard InChI is InChI=1S/C26H30F4N4O3S/c1-18(12-13-22-32-23(25(2,3)33-22)24(35)31-15-14-26(28,29)30)34(17-19-8-7-9-20(27)16-19)38(36,37)21-10-5-4-6-11-21/h4-11,16,23H,1,12-15,17H2,2-3H3,(H,31,35)(H,32,33)/t23-/m0/s1. The Labute approximate surface area is 219 Å². The van der Waals surface area contributed by atoms with Crippen molar-refractivity contribution in [2.45, 2.75) is 62.3 Å². The van der Waals surface area contributed by atoms with Gasteiger partial charge >= 0.3 is 6.18 Å². The Bertz CT molecular complexity index is 1300. The van der Waals surface area contributed by atoms with Gasteiger partial charge in [0.1, 0.15) is 11.9 Å². The Morgan fingerprint density at radius 1 is 1.16 bits per heavy atom. The number of allylic oxidation sites excluding steroid dienone is 1. The molecular formula is C26H30F4N4O3S. The molecule has 1 aliphatic rings. The number of benzene rings is 2. The van der Waals surface area contributed by atoms with E-state index in [1.54, 1.807) is 38.1 Å². The summed E-state index contributed by atoms with van der Waals surface area (Å²) < 4.78 is 79.1. The van der Waals surface area contributed by atoms with Gasteiger partial charge in [-0.2, -0.15) is 13.2 Å². The Morgan fingerprint density at radius 2 is 1.84 bits per heavy atom. The number of sulfonamides is 1. The monoisotopic (exact) mass is 554 g/mol. The van der Waals surface area contributed by atoms with Gasteiger partial charge in [-0.25, -0.2) is 12.8 Å². The number of alkyl halides is 3. The van der Waals surface area contributed by atoms with Crippen molar-refractivity contribution in [2.24, 2.45) is 4.99 Å². The van der Waals surface area contributed by atoms with E-state index in [4.69, 9.17) is 0 Å². The molecule has 2 aromatic rings. The normalized spacial score (nSPS) is 16.9. The smallest absolute Gasteiger partial charge is 0.360 e. The first-order valence-corrected chi connectivity index (χ1v) is 13.3. The first-order chi connectivity index (χ1) is 17.7. The predicted octanol–water partition coefficient (Wildman–Crippen LogP) is 4.53. The number of nitrogens with one attached hydrogen (secondary N) is 2. The molecule has 0 saturated carbocycles. The van der Waals surface area contributed by atoms with Crippen molar-refractivity contribution >= 4 is 21.8 Å². The van der Waals surface area contributed by atoms with Gasteiger partial charge in [-0.05, 0) is 50.1 Å². The summed E-state index contributed by atoms with van der Waals surface area (Å²) in [5, 5.41) is 5.23. The lowest BCUT2D eigenvalue weighted by Crippen LogP contribution is -2.52. The van der Waals surface area contributed by atoms with Crippen molar-refractivity contribution in [3.63, 3.8) is 0 Å². The minimum Gasteiger partial charge on any atom is -0.360 e. The highest BCUT2D eigenvalue weighted by molar-refractivity contribution is 7.89. The molecule has 1 heterocycles. The summed E-state index contributed by atoms with van der Waals surface area (Å²) in [6.45, 7) is 6.61. The van der Waals surface area contributed by atoms with E-state index in [-0.39, 0.29) is 30.0 Å². The molecule has 0 saturated heterocycles. The fourth-order valence-corrected chi connectivity index (χ4v) is 5.51. The molecule has 0 aliphatic carbocycles. The fourth-order valence-electron chi connectivity index (χ4n) is 4.01. The highest BCUT2D eigenvalue weighted by Crippen LogP contribution is 2.27. The third-order valence-electron chi connectivity index (χ3n) is 5.96. The summed E-state index contributed by atoms with van der Waals surface area (Å²) in [5.41, 5.74) is -0.284. The molecule has 0 bridgehead atoms. The van der Waals surface area contributed by atoms with E-state index < -0.39 is 52.5 Å². The SMILES string of the molecule is C=C(CCC1=NC(C)(C)[C@H](C(=O)NCCC(F)(F)F)N1)N(Cc1cccc(F)c1)S(=O)(=O)c1ccccc1. The van der Waals surface area contributed by atoms with Crippen LogP contribution in [0, 0.1) is 5.82 Å². The molecule has 7 nitrogen and oxygen atoms in total. The van der Waals surface area contributed by atoms with Crippen LogP contribution in [0.4, 0.5) is 17.6 Å². The van der Waals surface area contributed by atoms with Crippen molar-refractivity contribution in [2.75, 3.05) is 6.54 Å². The summed E-state index contributed by atoms with van der Waals surface area (Å²) >= 11 is 0. The summed E-state index contributed by atoms with van der Waals surface area (Å²) in [7, 11) is -4.03. The topological polar surface area (TPSA) is 90.9 Å².